The van der Waals surface area contributed by atoms with Gasteiger partial charge in [0.05, 0.1) is 0 Å². The number of piperidine rings is 1. The first kappa shape index (κ1) is 12.2. The van der Waals surface area contributed by atoms with Crippen LogP contribution in [-0.2, 0) is 6.42 Å². The fourth-order valence-corrected chi connectivity index (χ4v) is 4.44. The number of nitrogens with zero attached hydrogens (tertiary/aromatic N) is 1. The summed E-state index contributed by atoms with van der Waals surface area (Å²) in [5, 5.41) is 0. The summed E-state index contributed by atoms with van der Waals surface area (Å²) in [6, 6.07) is 9.18. The largest absolute Gasteiger partial charge is 0.306 e. The Labute approximate surface area is 111 Å². The van der Waals surface area contributed by atoms with Crippen molar-refractivity contribution >= 4 is 0 Å². The Bertz CT molecular complexity index is 427. The van der Waals surface area contributed by atoms with Crippen LogP contribution in [0.25, 0.3) is 0 Å². The molecule has 1 saturated heterocycles. The third kappa shape index (κ3) is 1.80. The molecule has 98 valence electrons. The van der Waals surface area contributed by atoms with E-state index in [-0.39, 0.29) is 0 Å². The van der Waals surface area contributed by atoms with Gasteiger partial charge in [-0.1, -0.05) is 38.1 Å². The summed E-state index contributed by atoms with van der Waals surface area (Å²) in [5.41, 5.74) is 3.84. The van der Waals surface area contributed by atoms with Gasteiger partial charge in [0.15, 0.2) is 0 Å². The van der Waals surface area contributed by atoms with Gasteiger partial charge in [0.25, 0.3) is 0 Å². The van der Waals surface area contributed by atoms with Crippen LogP contribution in [-0.4, -0.2) is 25.0 Å². The van der Waals surface area contributed by atoms with Crippen LogP contribution < -0.4 is 0 Å². The maximum atomic E-state index is 2.49. The van der Waals surface area contributed by atoms with Crippen LogP contribution in [0.4, 0.5) is 0 Å². The molecule has 1 heteroatoms. The third-order valence-electron chi connectivity index (χ3n) is 5.24. The molecule has 1 spiro atoms. The number of fused-ring (bicyclic) bond motifs is 1. The first-order chi connectivity index (χ1) is 8.62. The molecule has 1 aliphatic carbocycles. The van der Waals surface area contributed by atoms with E-state index in [1.54, 1.807) is 11.1 Å². The molecule has 0 amide bonds. The van der Waals surface area contributed by atoms with Gasteiger partial charge in [0, 0.05) is 0 Å². The molecule has 1 atom stereocenters. The fourth-order valence-electron chi connectivity index (χ4n) is 4.44. The quantitative estimate of drug-likeness (QED) is 0.727. The second-order valence-corrected chi connectivity index (χ2v) is 6.76. The second kappa shape index (κ2) is 4.38. The van der Waals surface area contributed by atoms with Gasteiger partial charge >= 0.3 is 0 Å². The van der Waals surface area contributed by atoms with E-state index >= 15 is 0 Å². The van der Waals surface area contributed by atoms with Crippen LogP contribution in [0.3, 0.4) is 0 Å². The van der Waals surface area contributed by atoms with Gasteiger partial charge in [-0.2, -0.15) is 0 Å². The third-order valence-corrected chi connectivity index (χ3v) is 5.24. The zero-order valence-corrected chi connectivity index (χ0v) is 11.9. The lowest BCUT2D eigenvalue weighted by Gasteiger charge is -2.44. The molecule has 1 nitrogen and oxygen atoms in total. The van der Waals surface area contributed by atoms with Crippen LogP contribution in [0, 0.1) is 11.3 Å². The molecule has 1 unspecified atom stereocenters. The summed E-state index contributed by atoms with van der Waals surface area (Å²) in [4.78, 5) is 2.49. The molecular formula is C17H25N. The summed E-state index contributed by atoms with van der Waals surface area (Å²) in [7, 11) is 2.26. The molecule has 0 N–H and O–H groups in total. The lowest BCUT2D eigenvalue weighted by molar-refractivity contribution is 0.0865. The van der Waals surface area contributed by atoms with E-state index in [9.17, 15) is 0 Å². The minimum atomic E-state index is 0.560. The van der Waals surface area contributed by atoms with E-state index in [0.717, 1.165) is 11.8 Å². The molecule has 18 heavy (non-hydrogen) atoms. The highest BCUT2D eigenvalue weighted by molar-refractivity contribution is 5.39. The Balaban J connectivity index is 1.98. The highest BCUT2D eigenvalue weighted by atomic mass is 15.1. The number of hydrogen-bond acceptors (Lipinski definition) is 1. The van der Waals surface area contributed by atoms with Gasteiger partial charge < -0.3 is 4.90 Å². The van der Waals surface area contributed by atoms with Crippen molar-refractivity contribution < 1.29 is 0 Å². The molecule has 1 aromatic rings. The van der Waals surface area contributed by atoms with Gasteiger partial charge in [-0.3, -0.25) is 0 Å². The van der Waals surface area contributed by atoms with Crippen molar-refractivity contribution in [2.24, 2.45) is 11.3 Å². The number of rotatable bonds is 1. The van der Waals surface area contributed by atoms with Gasteiger partial charge in [0.1, 0.15) is 0 Å². The van der Waals surface area contributed by atoms with Crippen molar-refractivity contribution in [3.8, 4) is 0 Å². The molecule has 0 saturated carbocycles. The molecule has 0 radical (unpaired) electrons. The SMILES string of the molecule is CC(C)C1c2ccccc2CC12CCN(C)CC2. The maximum absolute atomic E-state index is 2.49. The molecule has 0 bridgehead atoms. The van der Waals surface area contributed by atoms with Crippen molar-refractivity contribution in [2.75, 3.05) is 20.1 Å². The van der Waals surface area contributed by atoms with Crippen molar-refractivity contribution in [3.05, 3.63) is 35.4 Å². The van der Waals surface area contributed by atoms with E-state index in [1.165, 1.54) is 32.4 Å². The molecule has 1 fully saturated rings. The van der Waals surface area contributed by atoms with E-state index in [4.69, 9.17) is 0 Å². The number of benzene rings is 1. The lowest BCUT2D eigenvalue weighted by atomic mass is 9.65. The van der Waals surface area contributed by atoms with Gasteiger partial charge in [0.2, 0.25) is 0 Å². The number of hydrogen-bond donors (Lipinski definition) is 0. The van der Waals surface area contributed by atoms with Gasteiger partial charge in [-0.15, -0.1) is 0 Å². The molecule has 1 heterocycles. The first-order valence-corrected chi connectivity index (χ1v) is 7.39. The molecule has 1 aromatic carbocycles. The highest BCUT2D eigenvalue weighted by Crippen LogP contribution is 2.55. The lowest BCUT2D eigenvalue weighted by Crippen LogP contribution is -2.41. The van der Waals surface area contributed by atoms with Crippen LogP contribution in [0.15, 0.2) is 24.3 Å². The van der Waals surface area contributed by atoms with Crippen molar-refractivity contribution in [3.63, 3.8) is 0 Å². The predicted octanol–water partition coefficient (Wildman–Crippen LogP) is 3.69. The monoisotopic (exact) mass is 243 g/mol. The Morgan fingerprint density at radius 3 is 2.50 bits per heavy atom. The van der Waals surface area contributed by atoms with Gasteiger partial charge in [-0.25, -0.2) is 0 Å². The summed E-state index contributed by atoms with van der Waals surface area (Å²) >= 11 is 0. The zero-order valence-electron chi connectivity index (χ0n) is 11.9. The van der Waals surface area contributed by atoms with Crippen LogP contribution in [0.5, 0.6) is 0 Å². The highest BCUT2D eigenvalue weighted by Gasteiger charge is 2.47. The first-order valence-electron chi connectivity index (χ1n) is 7.39. The van der Waals surface area contributed by atoms with Crippen LogP contribution in [0.2, 0.25) is 0 Å². The summed E-state index contributed by atoms with van der Waals surface area (Å²) in [6.45, 7) is 7.37. The average molecular weight is 243 g/mol. The molecule has 2 aliphatic rings. The van der Waals surface area contributed by atoms with Crippen molar-refractivity contribution in [1.82, 2.24) is 4.90 Å². The molecule has 0 aromatic heterocycles. The second-order valence-electron chi connectivity index (χ2n) is 6.76. The van der Waals surface area contributed by atoms with Crippen molar-refractivity contribution in [2.45, 2.75) is 39.0 Å². The summed E-state index contributed by atoms with van der Waals surface area (Å²) in [6.07, 6.45) is 4.07. The van der Waals surface area contributed by atoms with E-state index in [0.29, 0.717) is 5.41 Å². The van der Waals surface area contributed by atoms with Crippen LogP contribution in [0.1, 0.15) is 43.7 Å². The standard InChI is InChI=1S/C17H25N/c1-13(2)16-15-7-5-4-6-14(15)12-17(16)8-10-18(3)11-9-17/h4-7,13,16H,8-12H2,1-3H3. The smallest absolute Gasteiger partial charge is 0.00161 e. The van der Waals surface area contributed by atoms with Gasteiger partial charge in [-0.05, 0) is 67.8 Å². The van der Waals surface area contributed by atoms with Crippen molar-refractivity contribution in [1.29, 1.82) is 0 Å². The average Bonchev–Trinajstić information content (AvgIpc) is 2.67. The van der Waals surface area contributed by atoms with E-state index in [1.807, 2.05) is 0 Å². The van der Waals surface area contributed by atoms with E-state index in [2.05, 4.69) is 50.1 Å². The Kier molecular flexibility index (Phi) is 2.97. The Hall–Kier alpha value is -0.820. The summed E-state index contributed by atoms with van der Waals surface area (Å²) < 4.78 is 0. The Morgan fingerprint density at radius 1 is 1.17 bits per heavy atom. The normalized spacial score (nSPS) is 26.8. The molecular weight excluding hydrogens is 218 g/mol. The fraction of sp³-hybridized carbons (Fsp3) is 0.647. The Morgan fingerprint density at radius 2 is 1.83 bits per heavy atom. The number of likely N-dealkylation sites (tertiary alicyclic amines) is 1. The van der Waals surface area contributed by atoms with E-state index < -0.39 is 0 Å². The molecule has 1 aliphatic heterocycles. The zero-order chi connectivity index (χ0) is 12.8. The predicted molar refractivity (Wildman–Crippen MR) is 76.9 cm³/mol. The minimum Gasteiger partial charge on any atom is -0.306 e. The van der Waals surface area contributed by atoms with Crippen LogP contribution >= 0.6 is 0 Å². The minimum absolute atomic E-state index is 0.560. The molecule has 3 rings (SSSR count). The maximum Gasteiger partial charge on any atom is -0.00161 e. The summed E-state index contributed by atoms with van der Waals surface area (Å²) in [5.74, 6) is 1.54. The topological polar surface area (TPSA) is 3.24 Å².